The van der Waals surface area contributed by atoms with Gasteiger partial charge in [0, 0.05) is 10.6 Å². The maximum Gasteiger partial charge on any atom is 0.309 e. The lowest BCUT2D eigenvalue weighted by Crippen LogP contribution is -2.38. The molecule has 0 bridgehead atoms. The molecule has 0 amide bonds. The van der Waals surface area contributed by atoms with Gasteiger partial charge in [0.1, 0.15) is 0 Å². The zero-order chi connectivity index (χ0) is 17.8. The predicted molar refractivity (Wildman–Crippen MR) is 94.1 cm³/mol. The van der Waals surface area contributed by atoms with Crippen LogP contribution >= 0.6 is 11.6 Å². The first-order valence-electron chi connectivity index (χ1n) is 8.58. The van der Waals surface area contributed by atoms with E-state index < -0.39 is 0 Å². The summed E-state index contributed by atoms with van der Waals surface area (Å²) in [4.78, 5) is 14.1. The van der Waals surface area contributed by atoms with Crippen molar-refractivity contribution in [2.45, 2.75) is 32.7 Å². The van der Waals surface area contributed by atoms with Gasteiger partial charge in [-0.25, -0.2) is 0 Å². The Labute approximate surface area is 152 Å². The van der Waals surface area contributed by atoms with Crippen molar-refractivity contribution in [2.24, 2.45) is 5.92 Å². The third kappa shape index (κ3) is 4.19. The van der Waals surface area contributed by atoms with E-state index >= 15 is 0 Å². The van der Waals surface area contributed by atoms with E-state index in [1.165, 1.54) is 0 Å². The fraction of sp³-hybridized carbons (Fsp3) is 0.500. The van der Waals surface area contributed by atoms with Crippen LogP contribution in [-0.2, 0) is 9.53 Å². The molecule has 1 unspecified atom stereocenters. The molecule has 3 rings (SSSR count). The number of aromatic nitrogens is 2. The molecule has 1 aliphatic rings. The third-order valence-corrected chi connectivity index (χ3v) is 4.80. The number of hydrogen-bond acceptors (Lipinski definition) is 6. The van der Waals surface area contributed by atoms with E-state index in [4.69, 9.17) is 20.8 Å². The average Bonchev–Trinajstić information content (AvgIpc) is 3.11. The molecule has 1 saturated heterocycles. The number of likely N-dealkylation sites (tertiary alicyclic amines) is 1. The number of carbonyl (C=O) groups excluding carboxylic acids is 1. The molecule has 0 spiro atoms. The van der Waals surface area contributed by atoms with Crippen molar-refractivity contribution in [2.75, 3.05) is 19.7 Å². The second-order valence-electron chi connectivity index (χ2n) is 6.19. The van der Waals surface area contributed by atoms with Crippen molar-refractivity contribution in [3.63, 3.8) is 0 Å². The zero-order valence-corrected chi connectivity index (χ0v) is 15.2. The summed E-state index contributed by atoms with van der Waals surface area (Å²) < 4.78 is 11.0. The molecule has 2 heterocycles. The fourth-order valence-corrected chi connectivity index (χ4v) is 3.27. The number of esters is 1. The van der Waals surface area contributed by atoms with Crippen molar-refractivity contribution in [1.29, 1.82) is 0 Å². The lowest BCUT2D eigenvalue weighted by atomic mass is 9.96. The minimum atomic E-state index is -0.0872. The van der Waals surface area contributed by atoms with Crippen LogP contribution in [0.15, 0.2) is 28.7 Å². The Morgan fingerprint density at radius 2 is 2.16 bits per heavy atom. The van der Waals surface area contributed by atoms with Crippen LogP contribution in [0.25, 0.3) is 11.5 Å². The molecule has 1 aliphatic heterocycles. The topological polar surface area (TPSA) is 68.5 Å². The molecule has 0 aliphatic carbocycles. The standard InChI is InChI=1S/C18H22ClN3O3/c1-3-24-18(23)13-7-9-22(10-8-13)12(2)16-20-21-17(25-16)14-5-4-6-15(19)11-14/h4-6,11-13H,3,7-10H2,1-2H3. The molecule has 2 aromatic rings. The molecule has 134 valence electrons. The van der Waals surface area contributed by atoms with Gasteiger partial charge in [0.25, 0.3) is 0 Å². The van der Waals surface area contributed by atoms with Crippen molar-refractivity contribution in [1.82, 2.24) is 15.1 Å². The van der Waals surface area contributed by atoms with Gasteiger partial charge >= 0.3 is 5.97 Å². The van der Waals surface area contributed by atoms with Gasteiger partial charge in [-0.2, -0.15) is 0 Å². The minimum absolute atomic E-state index is 0.00331. The molecule has 0 saturated carbocycles. The SMILES string of the molecule is CCOC(=O)C1CCN(C(C)c2nnc(-c3cccc(Cl)c3)o2)CC1. The Morgan fingerprint density at radius 1 is 1.40 bits per heavy atom. The van der Waals surface area contributed by atoms with E-state index in [-0.39, 0.29) is 17.9 Å². The van der Waals surface area contributed by atoms with Crippen molar-refractivity contribution in [3.8, 4) is 11.5 Å². The van der Waals surface area contributed by atoms with E-state index in [0.29, 0.717) is 23.4 Å². The van der Waals surface area contributed by atoms with Gasteiger partial charge in [-0.05, 0) is 58.0 Å². The quantitative estimate of drug-likeness (QED) is 0.754. The zero-order valence-electron chi connectivity index (χ0n) is 14.4. The summed E-state index contributed by atoms with van der Waals surface area (Å²) in [5, 5.41) is 8.95. The molecule has 25 heavy (non-hydrogen) atoms. The van der Waals surface area contributed by atoms with Gasteiger partial charge in [0.05, 0.1) is 18.6 Å². The molecule has 1 aromatic heterocycles. The monoisotopic (exact) mass is 363 g/mol. The van der Waals surface area contributed by atoms with Crippen molar-refractivity contribution >= 4 is 17.6 Å². The fourth-order valence-electron chi connectivity index (χ4n) is 3.08. The maximum absolute atomic E-state index is 11.8. The molecule has 6 nitrogen and oxygen atoms in total. The summed E-state index contributed by atoms with van der Waals surface area (Å²) in [5.41, 5.74) is 0.805. The highest BCUT2D eigenvalue weighted by molar-refractivity contribution is 6.30. The number of hydrogen-bond donors (Lipinski definition) is 0. The number of piperidine rings is 1. The van der Waals surface area contributed by atoms with Gasteiger partial charge in [-0.3, -0.25) is 9.69 Å². The van der Waals surface area contributed by atoms with Crippen LogP contribution in [0.2, 0.25) is 5.02 Å². The molecule has 1 aromatic carbocycles. The Morgan fingerprint density at radius 3 is 2.84 bits per heavy atom. The van der Waals surface area contributed by atoms with E-state index in [9.17, 15) is 4.79 Å². The molecule has 0 N–H and O–H groups in total. The summed E-state index contributed by atoms with van der Waals surface area (Å²) in [6.07, 6.45) is 1.58. The van der Waals surface area contributed by atoms with Crippen LogP contribution < -0.4 is 0 Å². The lowest BCUT2D eigenvalue weighted by molar-refractivity contribution is -0.149. The van der Waals surface area contributed by atoms with Crippen LogP contribution in [0, 0.1) is 5.92 Å². The van der Waals surface area contributed by atoms with E-state index in [1.807, 2.05) is 26.0 Å². The summed E-state index contributed by atoms with van der Waals surface area (Å²) in [7, 11) is 0. The highest BCUT2D eigenvalue weighted by atomic mass is 35.5. The average molecular weight is 364 g/mol. The number of nitrogens with zero attached hydrogens (tertiary/aromatic N) is 3. The first kappa shape index (κ1) is 17.9. The number of benzene rings is 1. The molecule has 1 atom stereocenters. The lowest BCUT2D eigenvalue weighted by Gasteiger charge is -2.33. The Hall–Kier alpha value is -1.92. The molecular weight excluding hydrogens is 342 g/mol. The molecule has 1 fully saturated rings. The second kappa shape index (κ2) is 7.97. The van der Waals surface area contributed by atoms with Crippen molar-refractivity contribution in [3.05, 3.63) is 35.2 Å². The second-order valence-corrected chi connectivity index (χ2v) is 6.63. The number of ether oxygens (including phenoxy) is 1. The molecular formula is C18H22ClN3O3. The van der Waals surface area contributed by atoms with Gasteiger partial charge in [-0.1, -0.05) is 17.7 Å². The normalized spacial score (nSPS) is 17.4. The Balaban J connectivity index is 1.63. The van der Waals surface area contributed by atoms with Crippen LogP contribution in [0.1, 0.15) is 38.6 Å². The summed E-state index contributed by atoms with van der Waals surface area (Å²) in [5.74, 6) is 0.944. The summed E-state index contributed by atoms with van der Waals surface area (Å²) in [6, 6.07) is 7.35. The summed E-state index contributed by atoms with van der Waals surface area (Å²) >= 11 is 6.01. The van der Waals surface area contributed by atoms with Crippen LogP contribution in [-0.4, -0.2) is 40.8 Å². The first-order chi connectivity index (χ1) is 12.1. The highest BCUT2D eigenvalue weighted by Crippen LogP contribution is 2.29. The predicted octanol–water partition coefficient (Wildman–Crippen LogP) is 3.73. The third-order valence-electron chi connectivity index (χ3n) is 4.57. The summed E-state index contributed by atoms with van der Waals surface area (Å²) in [6.45, 7) is 5.92. The van der Waals surface area contributed by atoms with E-state index in [2.05, 4.69) is 15.1 Å². The highest BCUT2D eigenvalue weighted by Gasteiger charge is 2.30. The molecule has 0 radical (unpaired) electrons. The maximum atomic E-state index is 11.8. The van der Waals surface area contributed by atoms with Crippen LogP contribution in [0.3, 0.4) is 0 Å². The van der Waals surface area contributed by atoms with Gasteiger partial charge in [-0.15, -0.1) is 10.2 Å². The van der Waals surface area contributed by atoms with Gasteiger partial charge in [0.2, 0.25) is 11.8 Å². The largest absolute Gasteiger partial charge is 0.466 e. The van der Waals surface area contributed by atoms with E-state index in [0.717, 1.165) is 31.5 Å². The van der Waals surface area contributed by atoms with E-state index in [1.54, 1.807) is 12.1 Å². The van der Waals surface area contributed by atoms with Gasteiger partial charge < -0.3 is 9.15 Å². The Kier molecular flexibility index (Phi) is 5.71. The van der Waals surface area contributed by atoms with Crippen LogP contribution in [0.4, 0.5) is 0 Å². The smallest absolute Gasteiger partial charge is 0.309 e. The van der Waals surface area contributed by atoms with Crippen molar-refractivity contribution < 1.29 is 13.9 Å². The molecule has 7 heteroatoms. The number of rotatable bonds is 5. The van der Waals surface area contributed by atoms with Gasteiger partial charge in [0.15, 0.2) is 0 Å². The minimum Gasteiger partial charge on any atom is -0.466 e. The number of halogens is 1. The Bertz CT molecular complexity index is 726. The number of carbonyl (C=O) groups is 1. The van der Waals surface area contributed by atoms with Crippen LogP contribution in [0.5, 0.6) is 0 Å². The first-order valence-corrected chi connectivity index (χ1v) is 8.96.